The summed E-state index contributed by atoms with van der Waals surface area (Å²) in [6.07, 6.45) is 0. The summed E-state index contributed by atoms with van der Waals surface area (Å²) in [6, 6.07) is 12.4. The molecule has 2 N–H and O–H groups in total. The fourth-order valence-electron chi connectivity index (χ4n) is 2.12. The summed E-state index contributed by atoms with van der Waals surface area (Å²) in [6.45, 7) is 2.40. The largest absolute Gasteiger partial charge is 0.490 e. The van der Waals surface area contributed by atoms with Gasteiger partial charge in [-0.05, 0) is 42.8 Å². The van der Waals surface area contributed by atoms with E-state index in [-0.39, 0.29) is 12.2 Å². The third kappa shape index (κ3) is 6.92. The molecule has 0 heterocycles. The first kappa shape index (κ1) is 20.7. The van der Waals surface area contributed by atoms with Gasteiger partial charge in [0.15, 0.2) is 6.61 Å². The maximum absolute atomic E-state index is 12.4. The molecule has 0 atom stereocenters. The molecule has 8 heteroatoms. The van der Waals surface area contributed by atoms with Crippen molar-refractivity contribution < 1.29 is 23.8 Å². The molecule has 0 aliphatic rings. The Kier molecular flexibility index (Phi) is 8.09. The lowest BCUT2D eigenvalue weighted by Gasteiger charge is -2.13. The van der Waals surface area contributed by atoms with Crippen LogP contribution < -0.4 is 20.3 Å². The van der Waals surface area contributed by atoms with E-state index in [2.05, 4.69) is 26.8 Å². The molecule has 0 aliphatic heterocycles. The SMILES string of the molecule is COCCOc1ccc(Br)cc1C(=O)NNC(=O)COc1cccc(C)c1. The number of hydrazine groups is 1. The van der Waals surface area contributed by atoms with E-state index in [0.717, 1.165) is 5.56 Å². The highest BCUT2D eigenvalue weighted by atomic mass is 79.9. The summed E-state index contributed by atoms with van der Waals surface area (Å²) in [7, 11) is 1.56. The minimum Gasteiger partial charge on any atom is -0.490 e. The van der Waals surface area contributed by atoms with E-state index in [4.69, 9.17) is 14.2 Å². The second kappa shape index (κ2) is 10.5. The van der Waals surface area contributed by atoms with Crippen LogP contribution in [0.15, 0.2) is 46.9 Å². The van der Waals surface area contributed by atoms with Crippen LogP contribution in [0.4, 0.5) is 0 Å². The quantitative estimate of drug-likeness (QED) is 0.490. The number of halogens is 1. The van der Waals surface area contributed by atoms with E-state index in [1.54, 1.807) is 31.4 Å². The Hall–Kier alpha value is -2.58. The van der Waals surface area contributed by atoms with Crippen LogP contribution in [-0.4, -0.2) is 38.7 Å². The van der Waals surface area contributed by atoms with Crippen molar-refractivity contribution >= 4 is 27.7 Å². The second-order valence-electron chi connectivity index (χ2n) is 5.59. The molecule has 0 bridgehead atoms. The average molecular weight is 437 g/mol. The zero-order chi connectivity index (χ0) is 19.6. The number of hydrogen-bond acceptors (Lipinski definition) is 5. The van der Waals surface area contributed by atoms with Crippen LogP contribution in [0.5, 0.6) is 11.5 Å². The third-order valence-corrected chi connectivity index (χ3v) is 3.90. The average Bonchev–Trinajstić information content (AvgIpc) is 2.65. The Bertz CT molecular complexity index is 797. The monoisotopic (exact) mass is 436 g/mol. The summed E-state index contributed by atoms with van der Waals surface area (Å²) in [5.41, 5.74) is 5.98. The van der Waals surface area contributed by atoms with Gasteiger partial charge in [0, 0.05) is 11.6 Å². The molecule has 27 heavy (non-hydrogen) atoms. The first-order valence-electron chi connectivity index (χ1n) is 8.19. The Morgan fingerprint density at radius 3 is 2.59 bits per heavy atom. The molecule has 144 valence electrons. The molecular weight excluding hydrogens is 416 g/mol. The fourth-order valence-corrected chi connectivity index (χ4v) is 2.49. The topological polar surface area (TPSA) is 85.9 Å². The standard InChI is InChI=1S/C19H21BrN2O5/c1-13-4-3-5-15(10-13)27-12-18(23)21-22-19(24)16-11-14(20)6-7-17(16)26-9-8-25-2/h3-7,10-11H,8-9,12H2,1-2H3,(H,21,23)(H,22,24). The van der Waals surface area contributed by atoms with Crippen LogP contribution in [0, 0.1) is 6.92 Å². The molecule has 0 spiro atoms. The Labute approximate surface area is 166 Å². The highest BCUT2D eigenvalue weighted by molar-refractivity contribution is 9.10. The number of nitrogens with one attached hydrogen (secondary N) is 2. The number of carbonyl (C=O) groups is 2. The predicted molar refractivity (Wildman–Crippen MR) is 104 cm³/mol. The summed E-state index contributed by atoms with van der Waals surface area (Å²) in [5.74, 6) is -0.0235. The lowest BCUT2D eigenvalue weighted by molar-refractivity contribution is -0.123. The van der Waals surface area contributed by atoms with Crippen LogP contribution in [0.1, 0.15) is 15.9 Å². The Morgan fingerprint density at radius 1 is 1.04 bits per heavy atom. The molecule has 2 aromatic rings. The van der Waals surface area contributed by atoms with Gasteiger partial charge in [0.1, 0.15) is 18.1 Å². The molecule has 0 radical (unpaired) electrons. The van der Waals surface area contributed by atoms with Gasteiger partial charge >= 0.3 is 0 Å². The number of ether oxygens (including phenoxy) is 3. The van der Waals surface area contributed by atoms with Gasteiger partial charge in [0.2, 0.25) is 0 Å². The van der Waals surface area contributed by atoms with Gasteiger partial charge in [0.05, 0.1) is 12.2 Å². The third-order valence-electron chi connectivity index (χ3n) is 3.41. The Morgan fingerprint density at radius 2 is 1.85 bits per heavy atom. The van der Waals surface area contributed by atoms with Crippen molar-refractivity contribution in [3.8, 4) is 11.5 Å². The van der Waals surface area contributed by atoms with Crippen molar-refractivity contribution in [2.45, 2.75) is 6.92 Å². The normalized spacial score (nSPS) is 10.2. The van der Waals surface area contributed by atoms with Gasteiger partial charge in [-0.2, -0.15) is 0 Å². The highest BCUT2D eigenvalue weighted by Gasteiger charge is 2.14. The summed E-state index contributed by atoms with van der Waals surface area (Å²) >= 11 is 3.32. The molecule has 0 saturated carbocycles. The van der Waals surface area contributed by atoms with Crippen molar-refractivity contribution in [1.82, 2.24) is 10.9 Å². The molecule has 0 unspecified atom stereocenters. The smallest absolute Gasteiger partial charge is 0.276 e. The highest BCUT2D eigenvalue weighted by Crippen LogP contribution is 2.23. The van der Waals surface area contributed by atoms with Crippen molar-refractivity contribution in [2.24, 2.45) is 0 Å². The minimum absolute atomic E-state index is 0.223. The maximum Gasteiger partial charge on any atom is 0.276 e. The second-order valence-corrected chi connectivity index (χ2v) is 6.50. The molecule has 0 aliphatic carbocycles. The minimum atomic E-state index is -0.507. The number of aryl methyl sites for hydroxylation is 1. The lowest BCUT2D eigenvalue weighted by atomic mass is 10.2. The van der Waals surface area contributed by atoms with E-state index in [9.17, 15) is 9.59 Å². The van der Waals surface area contributed by atoms with Crippen molar-refractivity contribution in [3.63, 3.8) is 0 Å². The van der Waals surface area contributed by atoms with Crippen LogP contribution in [0.3, 0.4) is 0 Å². The van der Waals surface area contributed by atoms with Crippen LogP contribution in [0.25, 0.3) is 0 Å². The van der Waals surface area contributed by atoms with Gasteiger partial charge in [-0.15, -0.1) is 0 Å². The zero-order valence-corrected chi connectivity index (χ0v) is 16.7. The number of benzene rings is 2. The van der Waals surface area contributed by atoms with Gasteiger partial charge in [-0.3, -0.25) is 20.4 Å². The van der Waals surface area contributed by atoms with Gasteiger partial charge < -0.3 is 14.2 Å². The molecule has 0 saturated heterocycles. The van der Waals surface area contributed by atoms with Crippen molar-refractivity contribution in [1.29, 1.82) is 0 Å². The number of rotatable bonds is 8. The maximum atomic E-state index is 12.4. The summed E-state index contributed by atoms with van der Waals surface area (Å²) in [4.78, 5) is 24.3. The lowest BCUT2D eigenvalue weighted by Crippen LogP contribution is -2.44. The van der Waals surface area contributed by atoms with Crippen molar-refractivity contribution in [2.75, 3.05) is 26.9 Å². The zero-order valence-electron chi connectivity index (χ0n) is 15.1. The molecule has 2 amide bonds. The van der Waals surface area contributed by atoms with Crippen molar-refractivity contribution in [3.05, 3.63) is 58.1 Å². The number of carbonyl (C=O) groups excluding carboxylic acids is 2. The number of amides is 2. The van der Waals surface area contributed by atoms with E-state index >= 15 is 0 Å². The van der Waals surface area contributed by atoms with Crippen LogP contribution in [-0.2, 0) is 9.53 Å². The molecule has 0 fully saturated rings. The van der Waals surface area contributed by atoms with Gasteiger partial charge in [-0.1, -0.05) is 28.1 Å². The molecular formula is C19H21BrN2O5. The molecule has 7 nitrogen and oxygen atoms in total. The van der Waals surface area contributed by atoms with E-state index in [0.29, 0.717) is 29.2 Å². The fraction of sp³-hybridized carbons (Fsp3) is 0.263. The first-order valence-corrected chi connectivity index (χ1v) is 8.99. The van der Waals surface area contributed by atoms with E-state index in [1.807, 2.05) is 25.1 Å². The summed E-state index contributed by atoms with van der Waals surface area (Å²) < 4.78 is 16.6. The molecule has 2 aromatic carbocycles. The van der Waals surface area contributed by atoms with Gasteiger partial charge in [0.25, 0.3) is 11.8 Å². The first-order chi connectivity index (χ1) is 13.0. The summed E-state index contributed by atoms with van der Waals surface area (Å²) in [5, 5.41) is 0. The van der Waals surface area contributed by atoms with E-state index < -0.39 is 11.8 Å². The van der Waals surface area contributed by atoms with Crippen LogP contribution >= 0.6 is 15.9 Å². The van der Waals surface area contributed by atoms with Gasteiger partial charge in [-0.25, -0.2) is 0 Å². The van der Waals surface area contributed by atoms with E-state index in [1.165, 1.54) is 0 Å². The molecule has 0 aromatic heterocycles. The number of methoxy groups -OCH3 is 1. The molecule has 2 rings (SSSR count). The Balaban J connectivity index is 1.88. The predicted octanol–water partition coefficient (Wildman–Crippen LogP) is 2.62. The number of hydrogen-bond donors (Lipinski definition) is 2. The van der Waals surface area contributed by atoms with Crippen LogP contribution in [0.2, 0.25) is 0 Å².